The predicted octanol–water partition coefficient (Wildman–Crippen LogP) is 1.56. The Morgan fingerprint density at radius 2 is 2.37 bits per heavy atom. The number of aliphatic hydroxyl groups is 1. The highest BCUT2D eigenvalue weighted by Crippen LogP contribution is 2.29. The summed E-state index contributed by atoms with van der Waals surface area (Å²) in [7, 11) is 0. The zero-order valence-electron chi connectivity index (χ0n) is 11.9. The Balaban J connectivity index is 2.19. The Morgan fingerprint density at radius 1 is 1.58 bits per heavy atom. The zero-order valence-corrected chi connectivity index (χ0v) is 11.9. The van der Waals surface area contributed by atoms with E-state index in [0.29, 0.717) is 12.5 Å². The van der Waals surface area contributed by atoms with Crippen molar-refractivity contribution in [3.8, 4) is 0 Å². The van der Waals surface area contributed by atoms with Crippen LogP contribution in [-0.4, -0.2) is 40.2 Å². The van der Waals surface area contributed by atoms with Crippen molar-refractivity contribution in [2.75, 3.05) is 13.1 Å². The van der Waals surface area contributed by atoms with Crippen LogP contribution < -0.4 is 5.73 Å². The predicted molar refractivity (Wildman–Crippen MR) is 76.6 cm³/mol. The first kappa shape index (κ1) is 14.4. The third-order valence-corrected chi connectivity index (χ3v) is 4.25. The molecule has 1 aromatic rings. The van der Waals surface area contributed by atoms with Crippen LogP contribution in [-0.2, 0) is 0 Å². The van der Waals surface area contributed by atoms with Crippen LogP contribution in [0.4, 0.5) is 0 Å². The number of aromatic nitrogens is 1. The van der Waals surface area contributed by atoms with Gasteiger partial charge in [0.15, 0.2) is 0 Å². The summed E-state index contributed by atoms with van der Waals surface area (Å²) < 4.78 is 0. The molecule has 0 amide bonds. The molecule has 1 aliphatic rings. The molecule has 2 rings (SSSR count). The van der Waals surface area contributed by atoms with Gasteiger partial charge in [-0.25, -0.2) is 0 Å². The fraction of sp³-hybridized carbons (Fsp3) is 0.667. The quantitative estimate of drug-likeness (QED) is 0.865. The standard InChI is InChI=1S/C15H25N3O/c1-3-13(16)15(12-5-4-7-17-9-12)18-8-6-11(2)14(19)10-18/h4-5,7,9,11,13-15,19H,3,6,8,10,16H2,1-2H3. The summed E-state index contributed by atoms with van der Waals surface area (Å²) in [6.07, 6.45) is 5.36. The summed E-state index contributed by atoms with van der Waals surface area (Å²) in [5, 5.41) is 10.1. The van der Waals surface area contributed by atoms with Crippen molar-refractivity contribution >= 4 is 0 Å². The number of hydrogen-bond donors (Lipinski definition) is 2. The molecule has 4 unspecified atom stereocenters. The molecule has 1 aromatic heterocycles. The van der Waals surface area contributed by atoms with Crippen LogP contribution in [0.2, 0.25) is 0 Å². The first-order chi connectivity index (χ1) is 9.13. The van der Waals surface area contributed by atoms with Gasteiger partial charge in [-0.3, -0.25) is 9.88 Å². The lowest BCUT2D eigenvalue weighted by Gasteiger charge is -2.41. The van der Waals surface area contributed by atoms with E-state index in [2.05, 4.69) is 29.8 Å². The van der Waals surface area contributed by atoms with E-state index in [9.17, 15) is 5.11 Å². The molecular formula is C15H25N3O. The van der Waals surface area contributed by atoms with Crippen LogP contribution in [0, 0.1) is 5.92 Å². The molecule has 3 N–H and O–H groups in total. The molecule has 0 spiro atoms. The van der Waals surface area contributed by atoms with E-state index in [-0.39, 0.29) is 18.2 Å². The summed E-state index contributed by atoms with van der Waals surface area (Å²) in [5.41, 5.74) is 7.46. The summed E-state index contributed by atoms with van der Waals surface area (Å²) in [6.45, 7) is 5.91. The lowest BCUT2D eigenvalue weighted by Crippen LogP contribution is -2.49. The Morgan fingerprint density at radius 3 is 2.95 bits per heavy atom. The van der Waals surface area contributed by atoms with Gasteiger partial charge in [-0.05, 0) is 36.9 Å². The second kappa shape index (κ2) is 6.46. The highest BCUT2D eigenvalue weighted by molar-refractivity contribution is 5.16. The maximum absolute atomic E-state index is 10.1. The van der Waals surface area contributed by atoms with E-state index in [1.165, 1.54) is 0 Å². The van der Waals surface area contributed by atoms with E-state index in [4.69, 9.17) is 5.73 Å². The van der Waals surface area contributed by atoms with E-state index >= 15 is 0 Å². The van der Waals surface area contributed by atoms with Crippen LogP contribution in [0.3, 0.4) is 0 Å². The van der Waals surface area contributed by atoms with Gasteiger partial charge < -0.3 is 10.8 Å². The molecule has 19 heavy (non-hydrogen) atoms. The minimum atomic E-state index is -0.253. The number of nitrogens with zero attached hydrogens (tertiary/aromatic N) is 2. The van der Waals surface area contributed by atoms with Gasteiger partial charge in [-0.2, -0.15) is 0 Å². The maximum Gasteiger partial charge on any atom is 0.0693 e. The van der Waals surface area contributed by atoms with Crippen molar-refractivity contribution in [2.24, 2.45) is 11.7 Å². The summed E-state index contributed by atoms with van der Waals surface area (Å²) in [5.74, 6) is 0.378. The second-order valence-corrected chi connectivity index (χ2v) is 5.63. The van der Waals surface area contributed by atoms with Crippen LogP contribution >= 0.6 is 0 Å². The van der Waals surface area contributed by atoms with Crippen LogP contribution in [0.5, 0.6) is 0 Å². The topological polar surface area (TPSA) is 62.4 Å². The monoisotopic (exact) mass is 263 g/mol. The molecule has 106 valence electrons. The first-order valence-corrected chi connectivity index (χ1v) is 7.21. The van der Waals surface area contributed by atoms with Gasteiger partial charge in [0.25, 0.3) is 0 Å². The molecule has 4 heteroatoms. The summed E-state index contributed by atoms with van der Waals surface area (Å²) in [6, 6.07) is 4.26. The van der Waals surface area contributed by atoms with Gasteiger partial charge in [0.1, 0.15) is 0 Å². The molecule has 1 aliphatic heterocycles. The average molecular weight is 263 g/mol. The normalized spacial score (nSPS) is 28.0. The number of piperidine rings is 1. The van der Waals surface area contributed by atoms with Crippen molar-refractivity contribution in [3.63, 3.8) is 0 Å². The van der Waals surface area contributed by atoms with E-state index in [1.807, 2.05) is 12.3 Å². The van der Waals surface area contributed by atoms with Crippen LogP contribution in [0.1, 0.15) is 38.3 Å². The Kier molecular flexibility index (Phi) is 4.91. The minimum Gasteiger partial charge on any atom is -0.392 e. The van der Waals surface area contributed by atoms with Crippen molar-refractivity contribution < 1.29 is 5.11 Å². The lowest BCUT2D eigenvalue weighted by atomic mass is 9.91. The minimum absolute atomic E-state index is 0.0739. The summed E-state index contributed by atoms with van der Waals surface area (Å²) in [4.78, 5) is 6.52. The lowest BCUT2D eigenvalue weighted by molar-refractivity contribution is 0.00389. The highest BCUT2D eigenvalue weighted by atomic mass is 16.3. The number of aliphatic hydroxyl groups excluding tert-OH is 1. The zero-order chi connectivity index (χ0) is 13.8. The molecule has 0 saturated carbocycles. The fourth-order valence-electron chi connectivity index (χ4n) is 2.83. The fourth-order valence-corrected chi connectivity index (χ4v) is 2.83. The van der Waals surface area contributed by atoms with Gasteiger partial charge in [0.2, 0.25) is 0 Å². The first-order valence-electron chi connectivity index (χ1n) is 7.21. The van der Waals surface area contributed by atoms with Crippen molar-refractivity contribution in [2.45, 2.75) is 44.9 Å². The number of nitrogens with two attached hydrogens (primary N) is 1. The SMILES string of the molecule is CCC(N)C(c1cccnc1)N1CCC(C)C(O)C1. The molecule has 0 aliphatic carbocycles. The largest absolute Gasteiger partial charge is 0.392 e. The van der Waals surface area contributed by atoms with Gasteiger partial charge >= 0.3 is 0 Å². The van der Waals surface area contributed by atoms with Gasteiger partial charge in [0, 0.05) is 25.0 Å². The Bertz CT molecular complexity index is 384. The molecule has 0 radical (unpaired) electrons. The third kappa shape index (κ3) is 3.32. The molecule has 1 fully saturated rings. The molecule has 1 saturated heterocycles. The molecule has 0 aromatic carbocycles. The molecule has 0 bridgehead atoms. The van der Waals surface area contributed by atoms with Gasteiger partial charge in [0.05, 0.1) is 12.1 Å². The molecule has 4 nitrogen and oxygen atoms in total. The second-order valence-electron chi connectivity index (χ2n) is 5.63. The number of likely N-dealkylation sites (tertiary alicyclic amines) is 1. The average Bonchev–Trinajstić information content (AvgIpc) is 2.44. The van der Waals surface area contributed by atoms with E-state index in [0.717, 1.165) is 24.9 Å². The number of hydrogen-bond acceptors (Lipinski definition) is 4. The number of β-amino-alcohol motifs (C(OH)–C–C–N with tert-alkyl or cyclic N) is 1. The third-order valence-electron chi connectivity index (χ3n) is 4.25. The Labute approximate surface area is 115 Å². The maximum atomic E-state index is 10.1. The van der Waals surface area contributed by atoms with Gasteiger partial charge in [-0.1, -0.05) is 19.9 Å². The number of pyridine rings is 1. The molecule has 4 atom stereocenters. The summed E-state index contributed by atoms with van der Waals surface area (Å²) >= 11 is 0. The number of rotatable bonds is 4. The van der Waals surface area contributed by atoms with E-state index in [1.54, 1.807) is 6.20 Å². The highest BCUT2D eigenvalue weighted by Gasteiger charge is 2.32. The van der Waals surface area contributed by atoms with Gasteiger partial charge in [-0.15, -0.1) is 0 Å². The molecular weight excluding hydrogens is 238 g/mol. The smallest absolute Gasteiger partial charge is 0.0693 e. The Hall–Kier alpha value is -0.970. The van der Waals surface area contributed by atoms with Crippen LogP contribution in [0.15, 0.2) is 24.5 Å². The van der Waals surface area contributed by atoms with Crippen molar-refractivity contribution in [1.29, 1.82) is 0 Å². The van der Waals surface area contributed by atoms with E-state index < -0.39 is 0 Å². The van der Waals surface area contributed by atoms with Crippen molar-refractivity contribution in [1.82, 2.24) is 9.88 Å². The van der Waals surface area contributed by atoms with Crippen LogP contribution in [0.25, 0.3) is 0 Å². The van der Waals surface area contributed by atoms with Crippen molar-refractivity contribution in [3.05, 3.63) is 30.1 Å². The molecule has 2 heterocycles.